The highest BCUT2D eigenvalue weighted by molar-refractivity contribution is 7.80. The Hall–Kier alpha value is -1.16. The minimum atomic E-state index is 0.0410. The average molecular weight is 277 g/mol. The Balaban J connectivity index is 2.52. The maximum Gasteiger partial charge on any atom is 0.139 e. The van der Waals surface area contributed by atoms with E-state index >= 15 is 0 Å². The summed E-state index contributed by atoms with van der Waals surface area (Å²) < 4.78 is 0. The van der Waals surface area contributed by atoms with Crippen LogP contribution >= 0.6 is 12.2 Å². The molecule has 1 aromatic rings. The molecule has 0 amide bonds. The standard InChI is InChI=1S/C15H23N3S/c1-5-15(2,3)18(4)14-11(13(16)19)9-10-7-6-8-12(10)17-14/h9H,5-8H2,1-4H3,(H2,16,19). The lowest BCUT2D eigenvalue weighted by molar-refractivity contribution is 0.467. The molecule has 4 heteroatoms. The highest BCUT2D eigenvalue weighted by Gasteiger charge is 2.27. The van der Waals surface area contributed by atoms with Crippen LogP contribution in [0.2, 0.25) is 0 Å². The third-order valence-electron chi connectivity index (χ3n) is 4.39. The first-order chi connectivity index (χ1) is 8.86. The molecule has 0 saturated carbocycles. The van der Waals surface area contributed by atoms with Crippen molar-refractivity contribution in [2.75, 3.05) is 11.9 Å². The first-order valence-corrected chi connectivity index (χ1v) is 7.34. The third-order valence-corrected chi connectivity index (χ3v) is 4.61. The van der Waals surface area contributed by atoms with Crippen molar-refractivity contribution < 1.29 is 0 Å². The third kappa shape index (κ3) is 2.59. The van der Waals surface area contributed by atoms with Gasteiger partial charge in [-0.2, -0.15) is 0 Å². The Kier molecular flexibility index (Phi) is 3.81. The second kappa shape index (κ2) is 5.08. The van der Waals surface area contributed by atoms with Gasteiger partial charge >= 0.3 is 0 Å². The molecular weight excluding hydrogens is 254 g/mol. The molecule has 2 rings (SSSR count). The predicted molar refractivity (Wildman–Crippen MR) is 84.9 cm³/mol. The Morgan fingerprint density at radius 1 is 1.47 bits per heavy atom. The SMILES string of the molecule is CCC(C)(C)N(C)c1nc2c(cc1C(N)=S)CCC2. The van der Waals surface area contributed by atoms with Crippen LogP contribution in [-0.4, -0.2) is 22.6 Å². The van der Waals surface area contributed by atoms with Gasteiger partial charge in [0.25, 0.3) is 0 Å². The number of thiocarbonyl (C=S) groups is 1. The molecule has 2 N–H and O–H groups in total. The largest absolute Gasteiger partial charge is 0.389 e. The summed E-state index contributed by atoms with van der Waals surface area (Å²) in [6, 6.07) is 2.15. The first-order valence-electron chi connectivity index (χ1n) is 6.93. The van der Waals surface area contributed by atoms with Crippen LogP contribution < -0.4 is 10.6 Å². The lowest BCUT2D eigenvalue weighted by Gasteiger charge is -2.37. The molecule has 0 saturated heterocycles. The van der Waals surface area contributed by atoms with Gasteiger partial charge in [0.2, 0.25) is 0 Å². The molecule has 0 aliphatic heterocycles. The minimum Gasteiger partial charge on any atom is -0.389 e. The summed E-state index contributed by atoms with van der Waals surface area (Å²) in [5.74, 6) is 0.931. The molecule has 0 unspecified atom stereocenters. The van der Waals surface area contributed by atoms with Gasteiger partial charge in [0.15, 0.2) is 0 Å². The monoisotopic (exact) mass is 277 g/mol. The van der Waals surface area contributed by atoms with Crippen LogP contribution in [0.5, 0.6) is 0 Å². The van der Waals surface area contributed by atoms with Gasteiger partial charge in [0, 0.05) is 18.3 Å². The number of nitrogens with two attached hydrogens (primary N) is 1. The van der Waals surface area contributed by atoms with Gasteiger partial charge in [-0.25, -0.2) is 4.98 Å². The highest BCUT2D eigenvalue weighted by atomic mass is 32.1. The molecule has 0 spiro atoms. The van der Waals surface area contributed by atoms with Crippen molar-refractivity contribution in [1.82, 2.24) is 4.98 Å². The fraction of sp³-hybridized carbons (Fsp3) is 0.600. The number of rotatable bonds is 4. The Morgan fingerprint density at radius 3 is 2.74 bits per heavy atom. The molecule has 1 aromatic heterocycles. The van der Waals surface area contributed by atoms with Crippen molar-refractivity contribution in [1.29, 1.82) is 0 Å². The smallest absolute Gasteiger partial charge is 0.139 e. The van der Waals surface area contributed by atoms with Crippen molar-refractivity contribution >= 4 is 23.0 Å². The predicted octanol–water partition coefficient (Wildman–Crippen LogP) is 2.83. The number of aromatic nitrogens is 1. The van der Waals surface area contributed by atoms with Crippen LogP contribution in [0.3, 0.4) is 0 Å². The molecular formula is C15H23N3S. The Bertz CT molecular complexity index is 508. The maximum absolute atomic E-state index is 5.90. The molecule has 3 nitrogen and oxygen atoms in total. The van der Waals surface area contributed by atoms with Gasteiger partial charge in [-0.1, -0.05) is 19.1 Å². The van der Waals surface area contributed by atoms with Crippen molar-refractivity contribution in [3.8, 4) is 0 Å². The average Bonchev–Trinajstić information content (AvgIpc) is 2.83. The number of pyridine rings is 1. The van der Waals surface area contributed by atoms with Crippen LogP contribution in [0.25, 0.3) is 0 Å². The second-order valence-corrected chi connectivity index (χ2v) is 6.35. The van der Waals surface area contributed by atoms with Crippen molar-refractivity contribution in [2.24, 2.45) is 5.73 Å². The summed E-state index contributed by atoms with van der Waals surface area (Å²) >= 11 is 5.21. The van der Waals surface area contributed by atoms with E-state index in [0.717, 1.165) is 30.6 Å². The summed E-state index contributed by atoms with van der Waals surface area (Å²) in [7, 11) is 2.08. The number of hydrogen-bond donors (Lipinski definition) is 1. The fourth-order valence-electron chi connectivity index (χ4n) is 2.42. The lowest BCUT2D eigenvalue weighted by atomic mass is 9.99. The zero-order valence-corrected chi connectivity index (χ0v) is 13.1. The molecule has 19 heavy (non-hydrogen) atoms. The topological polar surface area (TPSA) is 42.2 Å². The summed E-state index contributed by atoms with van der Waals surface area (Å²) in [6.45, 7) is 6.61. The zero-order chi connectivity index (χ0) is 14.2. The fourth-order valence-corrected chi connectivity index (χ4v) is 2.57. The number of fused-ring (bicyclic) bond motifs is 1. The van der Waals surface area contributed by atoms with Crippen LogP contribution in [0, 0.1) is 0 Å². The van der Waals surface area contributed by atoms with E-state index in [4.69, 9.17) is 22.9 Å². The maximum atomic E-state index is 5.90. The number of hydrogen-bond acceptors (Lipinski definition) is 3. The molecule has 0 fully saturated rings. The van der Waals surface area contributed by atoms with E-state index in [0.29, 0.717) is 4.99 Å². The number of nitrogens with zero attached hydrogens (tertiary/aromatic N) is 2. The van der Waals surface area contributed by atoms with Gasteiger partial charge in [-0.15, -0.1) is 0 Å². The highest BCUT2D eigenvalue weighted by Crippen LogP contribution is 2.31. The van der Waals surface area contributed by atoms with Gasteiger partial charge in [-0.05, 0) is 51.2 Å². The van der Waals surface area contributed by atoms with E-state index in [1.807, 2.05) is 0 Å². The normalized spacial score (nSPS) is 14.3. The second-order valence-electron chi connectivity index (χ2n) is 5.91. The Labute approximate surface area is 121 Å². The van der Waals surface area contributed by atoms with Crippen LogP contribution in [0.1, 0.15) is 50.4 Å². The van der Waals surface area contributed by atoms with E-state index in [2.05, 4.69) is 38.8 Å². The summed E-state index contributed by atoms with van der Waals surface area (Å²) in [6.07, 6.45) is 4.39. The first kappa shape index (κ1) is 14.3. The summed E-state index contributed by atoms with van der Waals surface area (Å²) in [4.78, 5) is 7.50. The molecule has 0 aromatic carbocycles. The molecule has 0 atom stereocenters. The van der Waals surface area contributed by atoms with E-state index in [1.165, 1.54) is 17.7 Å². The van der Waals surface area contributed by atoms with Crippen LogP contribution in [0.15, 0.2) is 6.07 Å². The van der Waals surface area contributed by atoms with Gasteiger partial charge in [-0.3, -0.25) is 0 Å². The molecule has 104 valence electrons. The lowest BCUT2D eigenvalue weighted by Crippen LogP contribution is -2.42. The molecule has 1 heterocycles. The molecule has 0 bridgehead atoms. The summed E-state index contributed by atoms with van der Waals surface area (Å²) in [5.41, 5.74) is 9.38. The number of aryl methyl sites for hydroxylation is 2. The molecule has 1 aliphatic carbocycles. The van der Waals surface area contributed by atoms with Gasteiger partial charge in [0.1, 0.15) is 10.8 Å². The quantitative estimate of drug-likeness (QED) is 0.859. The Morgan fingerprint density at radius 2 is 2.16 bits per heavy atom. The molecule has 1 aliphatic rings. The zero-order valence-electron chi connectivity index (χ0n) is 12.3. The van der Waals surface area contributed by atoms with Crippen molar-refractivity contribution in [3.63, 3.8) is 0 Å². The van der Waals surface area contributed by atoms with E-state index in [1.54, 1.807) is 0 Å². The summed E-state index contributed by atoms with van der Waals surface area (Å²) in [5, 5.41) is 0. The van der Waals surface area contributed by atoms with Crippen LogP contribution in [-0.2, 0) is 12.8 Å². The van der Waals surface area contributed by atoms with E-state index in [-0.39, 0.29) is 5.54 Å². The number of anilines is 1. The van der Waals surface area contributed by atoms with E-state index < -0.39 is 0 Å². The van der Waals surface area contributed by atoms with Crippen LogP contribution in [0.4, 0.5) is 5.82 Å². The van der Waals surface area contributed by atoms with Gasteiger partial charge in [0.05, 0.1) is 5.56 Å². The molecule has 0 radical (unpaired) electrons. The van der Waals surface area contributed by atoms with Crippen molar-refractivity contribution in [3.05, 3.63) is 22.9 Å². The van der Waals surface area contributed by atoms with Crippen molar-refractivity contribution in [2.45, 2.75) is 52.0 Å². The van der Waals surface area contributed by atoms with Gasteiger partial charge < -0.3 is 10.6 Å². The minimum absolute atomic E-state index is 0.0410. The van der Waals surface area contributed by atoms with E-state index in [9.17, 15) is 0 Å².